The molecule has 3 rings (SSSR count). The molecule has 2 heteroatoms. The summed E-state index contributed by atoms with van der Waals surface area (Å²) >= 11 is 0. The second kappa shape index (κ2) is 19.6. The molecule has 0 saturated heterocycles. The zero-order valence-electron chi connectivity index (χ0n) is 24.2. The summed E-state index contributed by atoms with van der Waals surface area (Å²) in [6, 6.07) is 16.3. The zero-order valence-corrected chi connectivity index (χ0v) is 24.2. The van der Waals surface area contributed by atoms with Crippen molar-refractivity contribution < 1.29 is 9.47 Å². The van der Waals surface area contributed by atoms with Crippen molar-refractivity contribution in [2.45, 2.75) is 122 Å². The van der Waals surface area contributed by atoms with Gasteiger partial charge in [0.1, 0.15) is 11.5 Å². The van der Waals surface area contributed by atoms with Gasteiger partial charge in [-0.05, 0) is 67.3 Å². The van der Waals surface area contributed by atoms with Crippen molar-refractivity contribution in [1.82, 2.24) is 0 Å². The van der Waals surface area contributed by atoms with Crippen molar-refractivity contribution in [3.8, 4) is 23.3 Å². The Hall–Kier alpha value is -2.40. The van der Waals surface area contributed by atoms with E-state index in [1.54, 1.807) is 0 Å². The molecule has 38 heavy (non-hydrogen) atoms. The van der Waals surface area contributed by atoms with Crippen LogP contribution < -0.4 is 9.47 Å². The molecule has 1 saturated carbocycles. The van der Waals surface area contributed by atoms with Crippen LogP contribution in [0.15, 0.2) is 48.5 Å². The zero-order chi connectivity index (χ0) is 26.5. The molecule has 1 aliphatic rings. The third-order valence-electron chi connectivity index (χ3n) is 7.83. The van der Waals surface area contributed by atoms with Gasteiger partial charge >= 0.3 is 0 Å². The van der Waals surface area contributed by atoms with Crippen LogP contribution in [0.2, 0.25) is 0 Å². The Kier molecular flexibility index (Phi) is 15.6. The normalized spacial score (nSPS) is 13.3. The molecule has 0 aliphatic heterocycles. The fraction of sp³-hybridized carbons (Fsp3) is 0.611. The number of benzene rings is 2. The predicted octanol–water partition coefficient (Wildman–Crippen LogP) is 10.5. The van der Waals surface area contributed by atoms with Gasteiger partial charge in [-0.1, -0.05) is 121 Å². The maximum Gasteiger partial charge on any atom is 0.119 e. The lowest BCUT2D eigenvalue weighted by atomic mass is 9.99. The minimum absolute atomic E-state index is 0.799. The molecule has 0 aromatic heterocycles. The van der Waals surface area contributed by atoms with Crippen LogP contribution in [-0.4, -0.2) is 13.2 Å². The van der Waals surface area contributed by atoms with Gasteiger partial charge in [0, 0.05) is 11.1 Å². The highest BCUT2D eigenvalue weighted by molar-refractivity contribution is 5.45. The van der Waals surface area contributed by atoms with Crippen LogP contribution in [-0.2, 0) is 0 Å². The first-order chi connectivity index (χ1) is 18.8. The van der Waals surface area contributed by atoms with Crippen molar-refractivity contribution in [2.75, 3.05) is 13.2 Å². The molecule has 208 valence electrons. The third-order valence-corrected chi connectivity index (χ3v) is 7.83. The van der Waals surface area contributed by atoms with Crippen molar-refractivity contribution in [3.63, 3.8) is 0 Å². The van der Waals surface area contributed by atoms with E-state index in [1.807, 2.05) is 48.5 Å². The SMILES string of the molecule is CCCCCCCCCOc1ccc(C#Cc2ccc(OCCCCCCCCC3CCCC3)cc2)cc1. The summed E-state index contributed by atoms with van der Waals surface area (Å²) in [7, 11) is 0. The molecule has 0 N–H and O–H groups in total. The molecule has 1 fully saturated rings. The van der Waals surface area contributed by atoms with E-state index in [2.05, 4.69) is 18.8 Å². The minimum atomic E-state index is 0.799. The number of ether oxygens (including phenoxy) is 2. The molecule has 0 spiro atoms. The molecule has 2 aromatic rings. The molecular formula is C36H52O2. The van der Waals surface area contributed by atoms with Gasteiger partial charge in [0.2, 0.25) is 0 Å². The molecule has 0 amide bonds. The third kappa shape index (κ3) is 13.4. The fourth-order valence-electron chi connectivity index (χ4n) is 5.39. The number of unbranched alkanes of at least 4 members (excludes halogenated alkanes) is 11. The second-order valence-electron chi connectivity index (χ2n) is 11.2. The molecule has 1 aliphatic carbocycles. The summed E-state index contributed by atoms with van der Waals surface area (Å²) in [4.78, 5) is 0. The highest BCUT2D eigenvalue weighted by atomic mass is 16.5. The highest BCUT2D eigenvalue weighted by Crippen LogP contribution is 2.29. The predicted molar refractivity (Wildman–Crippen MR) is 162 cm³/mol. The molecule has 0 bridgehead atoms. The molecule has 0 heterocycles. The quantitative estimate of drug-likeness (QED) is 0.136. The highest BCUT2D eigenvalue weighted by Gasteiger charge is 2.13. The molecule has 0 atom stereocenters. The maximum atomic E-state index is 5.94. The van der Waals surface area contributed by atoms with E-state index in [4.69, 9.17) is 9.47 Å². The Labute approximate surface area is 233 Å². The van der Waals surface area contributed by atoms with E-state index in [1.165, 1.54) is 103 Å². The van der Waals surface area contributed by atoms with E-state index in [0.29, 0.717) is 0 Å². The number of hydrogen-bond donors (Lipinski definition) is 0. The Morgan fingerprint density at radius 3 is 1.45 bits per heavy atom. The Bertz CT molecular complexity index is 897. The first-order valence-electron chi connectivity index (χ1n) is 15.8. The first kappa shape index (κ1) is 30.1. The van der Waals surface area contributed by atoms with Crippen molar-refractivity contribution in [1.29, 1.82) is 0 Å². The topological polar surface area (TPSA) is 18.5 Å². The first-order valence-corrected chi connectivity index (χ1v) is 15.8. The Morgan fingerprint density at radius 2 is 0.974 bits per heavy atom. The van der Waals surface area contributed by atoms with E-state index in [-0.39, 0.29) is 0 Å². The summed E-state index contributed by atoms with van der Waals surface area (Å²) in [5.41, 5.74) is 2.02. The van der Waals surface area contributed by atoms with E-state index in [9.17, 15) is 0 Å². The van der Waals surface area contributed by atoms with Gasteiger partial charge < -0.3 is 9.47 Å². The van der Waals surface area contributed by atoms with Crippen LogP contribution in [0.1, 0.15) is 134 Å². The molecule has 0 radical (unpaired) electrons. The lowest BCUT2D eigenvalue weighted by molar-refractivity contribution is 0.304. The van der Waals surface area contributed by atoms with E-state index >= 15 is 0 Å². The van der Waals surface area contributed by atoms with Gasteiger partial charge in [0.05, 0.1) is 13.2 Å². The summed E-state index contributed by atoms with van der Waals surface area (Å²) in [5.74, 6) is 9.44. The average molecular weight is 517 g/mol. The maximum absolute atomic E-state index is 5.94. The summed E-state index contributed by atoms with van der Waals surface area (Å²) in [6.45, 7) is 3.87. The van der Waals surface area contributed by atoms with Crippen molar-refractivity contribution in [2.24, 2.45) is 5.92 Å². The van der Waals surface area contributed by atoms with Crippen LogP contribution in [0.4, 0.5) is 0 Å². The molecule has 0 unspecified atom stereocenters. The van der Waals surface area contributed by atoms with Gasteiger partial charge in [-0.2, -0.15) is 0 Å². The molecule has 2 aromatic carbocycles. The number of hydrogen-bond acceptors (Lipinski definition) is 2. The van der Waals surface area contributed by atoms with Crippen LogP contribution >= 0.6 is 0 Å². The van der Waals surface area contributed by atoms with Crippen LogP contribution in [0.25, 0.3) is 0 Å². The van der Waals surface area contributed by atoms with Crippen molar-refractivity contribution in [3.05, 3.63) is 59.7 Å². The van der Waals surface area contributed by atoms with Crippen LogP contribution in [0.3, 0.4) is 0 Å². The second-order valence-corrected chi connectivity index (χ2v) is 11.2. The van der Waals surface area contributed by atoms with Gasteiger partial charge in [0.15, 0.2) is 0 Å². The largest absolute Gasteiger partial charge is 0.494 e. The Morgan fingerprint density at radius 1 is 0.553 bits per heavy atom. The van der Waals surface area contributed by atoms with Gasteiger partial charge in [0.25, 0.3) is 0 Å². The van der Waals surface area contributed by atoms with Gasteiger partial charge in [-0.25, -0.2) is 0 Å². The Balaban J connectivity index is 1.22. The summed E-state index contributed by atoms with van der Waals surface area (Å²) in [6.07, 6.45) is 24.5. The number of rotatable bonds is 19. The van der Waals surface area contributed by atoms with Gasteiger partial charge in [-0.3, -0.25) is 0 Å². The lowest BCUT2D eigenvalue weighted by Gasteiger charge is -2.08. The van der Waals surface area contributed by atoms with E-state index in [0.717, 1.165) is 54.6 Å². The van der Waals surface area contributed by atoms with E-state index < -0.39 is 0 Å². The molecule has 2 nitrogen and oxygen atoms in total. The monoisotopic (exact) mass is 516 g/mol. The van der Waals surface area contributed by atoms with Crippen LogP contribution in [0, 0.1) is 17.8 Å². The fourth-order valence-corrected chi connectivity index (χ4v) is 5.39. The summed E-state index contributed by atoms with van der Waals surface area (Å²) in [5, 5.41) is 0. The molecular weight excluding hydrogens is 464 g/mol. The smallest absolute Gasteiger partial charge is 0.119 e. The average Bonchev–Trinajstić information content (AvgIpc) is 3.47. The van der Waals surface area contributed by atoms with Crippen LogP contribution in [0.5, 0.6) is 11.5 Å². The lowest BCUT2D eigenvalue weighted by Crippen LogP contribution is -1.97. The standard InChI is InChI=1S/C36H52O2/c1-2-3-4-5-7-10-15-30-37-35-26-22-33(23-27-35)20-21-34-24-28-36(29-25-34)38-31-16-11-8-6-9-12-17-32-18-13-14-19-32/h22-29,32H,2-19,30-31H2,1H3. The summed E-state index contributed by atoms with van der Waals surface area (Å²) < 4.78 is 11.8. The van der Waals surface area contributed by atoms with Gasteiger partial charge in [-0.15, -0.1) is 0 Å². The minimum Gasteiger partial charge on any atom is -0.494 e. The van der Waals surface area contributed by atoms with Crippen molar-refractivity contribution >= 4 is 0 Å².